The number of unbranched alkanes of at least 4 members (excludes halogenated alkanes) is 7. The van der Waals surface area contributed by atoms with Crippen LogP contribution in [0.3, 0.4) is 0 Å². The van der Waals surface area contributed by atoms with Crippen LogP contribution >= 0.6 is 0 Å². The van der Waals surface area contributed by atoms with Crippen molar-refractivity contribution >= 4 is 5.97 Å². The first-order valence-corrected chi connectivity index (χ1v) is 7.42. The highest BCUT2D eigenvalue weighted by molar-refractivity contribution is 5.75. The number of esters is 1. The van der Waals surface area contributed by atoms with Gasteiger partial charge < -0.3 is 4.74 Å². The Hall–Kier alpha value is -0.570. The highest BCUT2D eigenvalue weighted by Gasteiger charge is 2.15. The fraction of sp³-hybridized carbons (Fsp3) is 0.933. The van der Waals surface area contributed by atoms with E-state index in [-0.39, 0.29) is 12.0 Å². The largest absolute Gasteiger partial charge is 0.465 e. The molecule has 0 amide bonds. The van der Waals surface area contributed by atoms with Crippen LogP contribution in [0, 0.1) is 0 Å². The molecule has 0 rings (SSSR count). The first-order chi connectivity index (χ1) is 8.59. The van der Waals surface area contributed by atoms with Gasteiger partial charge in [-0.25, -0.2) is 0 Å². The number of nitrogens with zero attached hydrogens (tertiary/aromatic N) is 1. The molecule has 0 fully saturated rings. The van der Waals surface area contributed by atoms with Gasteiger partial charge in [-0.1, -0.05) is 51.9 Å². The quantitative estimate of drug-likeness (QED) is 0.418. The van der Waals surface area contributed by atoms with E-state index >= 15 is 0 Å². The van der Waals surface area contributed by atoms with Gasteiger partial charge in [-0.3, -0.25) is 9.69 Å². The Bertz CT molecular complexity index is 205. The van der Waals surface area contributed by atoms with Crippen molar-refractivity contribution < 1.29 is 9.53 Å². The summed E-state index contributed by atoms with van der Waals surface area (Å²) in [6.45, 7) is 4.69. The molecule has 3 heteroatoms. The van der Waals surface area contributed by atoms with Gasteiger partial charge in [0.2, 0.25) is 0 Å². The molecule has 0 bridgehead atoms. The molecule has 0 aromatic heterocycles. The van der Waals surface area contributed by atoms with Gasteiger partial charge in [0.1, 0.15) is 6.04 Å². The molecule has 0 saturated carbocycles. The summed E-state index contributed by atoms with van der Waals surface area (Å²) in [5.74, 6) is -0.108. The topological polar surface area (TPSA) is 29.5 Å². The Morgan fingerprint density at radius 2 is 1.50 bits per heavy atom. The van der Waals surface area contributed by atoms with Crippen molar-refractivity contribution in [3.05, 3.63) is 0 Å². The van der Waals surface area contributed by atoms with Crippen LogP contribution < -0.4 is 0 Å². The van der Waals surface area contributed by atoms with Gasteiger partial charge >= 0.3 is 5.97 Å². The van der Waals surface area contributed by atoms with E-state index in [9.17, 15) is 4.79 Å². The number of rotatable bonds is 11. The number of hydrogen-bond acceptors (Lipinski definition) is 3. The Labute approximate surface area is 113 Å². The fourth-order valence-corrected chi connectivity index (χ4v) is 1.74. The van der Waals surface area contributed by atoms with Crippen LogP contribution in [0.15, 0.2) is 0 Å². The van der Waals surface area contributed by atoms with Gasteiger partial charge in [0, 0.05) is 0 Å². The van der Waals surface area contributed by atoms with E-state index in [1.807, 2.05) is 25.9 Å². The molecule has 0 aromatic carbocycles. The molecule has 0 aliphatic carbocycles. The zero-order valence-corrected chi connectivity index (χ0v) is 12.7. The van der Waals surface area contributed by atoms with Crippen LogP contribution in [0.1, 0.15) is 65.2 Å². The van der Waals surface area contributed by atoms with Crippen molar-refractivity contribution in [2.45, 2.75) is 71.3 Å². The summed E-state index contributed by atoms with van der Waals surface area (Å²) in [4.78, 5) is 13.4. The highest BCUT2D eigenvalue weighted by Crippen LogP contribution is 2.08. The van der Waals surface area contributed by atoms with Crippen molar-refractivity contribution in [3.63, 3.8) is 0 Å². The standard InChI is InChI=1S/C15H31NO2/c1-5-6-7-8-9-10-11-12-13-18-15(17)14(2)16(3)4/h14H,5-13H2,1-4H3. The van der Waals surface area contributed by atoms with Crippen molar-refractivity contribution in [1.82, 2.24) is 4.90 Å². The van der Waals surface area contributed by atoms with E-state index in [0.717, 1.165) is 6.42 Å². The summed E-state index contributed by atoms with van der Waals surface area (Å²) >= 11 is 0. The number of carbonyl (C=O) groups excluding carboxylic acids is 1. The molecule has 0 heterocycles. The monoisotopic (exact) mass is 257 g/mol. The lowest BCUT2D eigenvalue weighted by Gasteiger charge is -2.17. The van der Waals surface area contributed by atoms with Crippen LogP contribution in [-0.2, 0) is 9.53 Å². The van der Waals surface area contributed by atoms with E-state index in [0.29, 0.717) is 6.61 Å². The van der Waals surface area contributed by atoms with Crippen LogP contribution in [-0.4, -0.2) is 37.6 Å². The van der Waals surface area contributed by atoms with Gasteiger partial charge in [0.05, 0.1) is 6.61 Å². The zero-order chi connectivity index (χ0) is 13.8. The third kappa shape index (κ3) is 9.46. The van der Waals surface area contributed by atoms with Gasteiger partial charge in [-0.05, 0) is 27.4 Å². The summed E-state index contributed by atoms with van der Waals surface area (Å²) in [6.07, 6.45) is 10.2. The van der Waals surface area contributed by atoms with Crippen molar-refractivity contribution in [3.8, 4) is 0 Å². The summed E-state index contributed by atoms with van der Waals surface area (Å²) in [7, 11) is 3.78. The Kier molecular flexibility index (Phi) is 11.2. The Balaban J connectivity index is 3.27. The molecule has 0 N–H and O–H groups in total. The number of carbonyl (C=O) groups is 1. The minimum atomic E-state index is -0.140. The van der Waals surface area contributed by atoms with E-state index < -0.39 is 0 Å². The zero-order valence-electron chi connectivity index (χ0n) is 12.7. The van der Waals surface area contributed by atoms with Crippen LogP contribution in [0.2, 0.25) is 0 Å². The second-order valence-corrected chi connectivity index (χ2v) is 5.28. The van der Waals surface area contributed by atoms with Crippen LogP contribution in [0.4, 0.5) is 0 Å². The lowest BCUT2D eigenvalue weighted by Crippen LogP contribution is -2.34. The van der Waals surface area contributed by atoms with Crippen LogP contribution in [0.25, 0.3) is 0 Å². The van der Waals surface area contributed by atoms with E-state index in [1.165, 1.54) is 44.9 Å². The first-order valence-electron chi connectivity index (χ1n) is 7.42. The Morgan fingerprint density at radius 3 is 2.00 bits per heavy atom. The molecular weight excluding hydrogens is 226 g/mol. The second-order valence-electron chi connectivity index (χ2n) is 5.28. The molecule has 0 radical (unpaired) electrons. The molecule has 108 valence electrons. The van der Waals surface area contributed by atoms with Crippen molar-refractivity contribution in [2.24, 2.45) is 0 Å². The number of likely N-dealkylation sites (N-methyl/N-ethyl adjacent to an activating group) is 1. The van der Waals surface area contributed by atoms with Crippen LogP contribution in [0.5, 0.6) is 0 Å². The minimum absolute atomic E-state index is 0.108. The third-order valence-corrected chi connectivity index (χ3v) is 3.36. The summed E-state index contributed by atoms with van der Waals surface area (Å²) in [5.41, 5.74) is 0. The van der Waals surface area contributed by atoms with Crippen molar-refractivity contribution in [2.75, 3.05) is 20.7 Å². The number of ether oxygens (including phenoxy) is 1. The molecule has 18 heavy (non-hydrogen) atoms. The molecule has 1 unspecified atom stereocenters. The molecule has 0 aliphatic rings. The lowest BCUT2D eigenvalue weighted by molar-refractivity contribution is -0.148. The maximum Gasteiger partial charge on any atom is 0.323 e. The molecular formula is C15H31NO2. The summed E-state index contributed by atoms with van der Waals surface area (Å²) in [6, 6.07) is -0.140. The fourth-order valence-electron chi connectivity index (χ4n) is 1.74. The minimum Gasteiger partial charge on any atom is -0.465 e. The third-order valence-electron chi connectivity index (χ3n) is 3.36. The van der Waals surface area contributed by atoms with Gasteiger partial charge in [-0.15, -0.1) is 0 Å². The number of hydrogen-bond donors (Lipinski definition) is 0. The predicted octanol–water partition coefficient (Wildman–Crippen LogP) is 3.62. The smallest absolute Gasteiger partial charge is 0.323 e. The summed E-state index contributed by atoms with van der Waals surface area (Å²) in [5, 5.41) is 0. The Morgan fingerprint density at radius 1 is 1.00 bits per heavy atom. The SMILES string of the molecule is CCCCCCCCCCOC(=O)C(C)N(C)C. The maximum atomic E-state index is 11.5. The van der Waals surface area contributed by atoms with E-state index in [4.69, 9.17) is 4.74 Å². The predicted molar refractivity (Wildman–Crippen MR) is 76.7 cm³/mol. The normalized spacial score (nSPS) is 12.7. The van der Waals surface area contributed by atoms with E-state index in [1.54, 1.807) is 0 Å². The molecule has 0 saturated heterocycles. The van der Waals surface area contributed by atoms with Gasteiger partial charge in [-0.2, -0.15) is 0 Å². The molecule has 1 atom stereocenters. The molecule has 0 spiro atoms. The highest BCUT2D eigenvalue weighted by atomic mass is 16.5. The van der Waals surface area contributed by atoms with E-state index in [2.05, 4.69) is 6.92 Å². The van der Waals surface area contributed by atoms with Crippen molar-refractivity contribution in [1.29, 1.82) is 0 Å². The first kappa shape index (κ1) is 17.4. The average molecular weight is 257 g/mol. The summed E-state index contributed by atoms with van der Waals surface area (Å²) < 4.78 is 5.23. The average Bonchev–Trinajstić information content (AvgIpc) is 2.35. The lowest BCUT2D eigenvalue weighted by atomic mass is 10.1. The second kappa shape index (κ2) is 11.5. The molecule has 3 nitrogen and oxygen atoms in total. The molecule has 0 aromatic rings. The van der Waals surface area contributed by atoms with Gasteiger partial charge in [0.15, 0.2) is 0 Å². The van der Waals surface area contributed by atoms with Gasteiger partial charge in [0.25, 0.3) is 0 Å². The maximum absolute atomic E-state index is 11.5. The molecule has 0 aliphatic heterocycles.